The molecule has 0 aliphatic rings. The van der Waals surface area contributed by atoms with Gasteiger partial charge in [0.1, 0.15) is 0 Å². The van der Waals surface area contributed by atoms with E-state index in [0.717, 1.165) is 0 Å². The molecule has 82 valence electrons. The standard InChI is InChI=1S/C7H17O4P.H3N/c1-4-7(5-2,6-3)11-12(8,9)10;/h4-6H2,1-3H3,(H2,8,9,10);1H3. The lowest BCUT2D eigenvalue weighted by Crippen LogP contribution is -2.28. The molecule has 0 aromatic rings. The number of rotatable bonds is 5. The first-order valence-corrected chi connectivity index (χ1v) is 5.68. The zero-order valence-electron chi connectivity index (χ0n) is 8.49. The molecule has 0 rings (SSSR count). The van der Waals surface area contributed by atoms with Crippen LogP contribution in [0.3, 0.4) is 0 Å². The Kier molecular flexibility index (Phi) is 6.85. The van der Waals surface area contributed by atoms with E-state index in [0.29, 0.717) is 19.3 Å². The topological polar surface area (TPSA) is 102 Å². The van der Waals surface area contributed by atoms with E-state index >= 15 is 0 Å². The molecule has 0 aromatic heterocycles. The van der Waals surface area contributed by atoms with Gasteiger partial charge in [0, 0.05) is 0 Å². The molecule has 6 heteroatoms. The summed E-state index contributed by atoms with van der Waals surface area (Å²) in [5.41, 5.74) is -0.654. The lowest BCUT2D eigenvalue weighted by molar-refractivity contribution is 0.0234. The lowest BCUT2D eigenvalue weighted by atomic mass is 9.95. The van der Waals surface area contributed by atoms with Gasteiger partial charge in [-0.3, -0.25) is 4.52 Å². The Morgan fingerprint density at radius 1 is 1.15 bits per heavy atom. The molecule has 0 spiro atoms. The predicted octanol–water partition coefficient (Wildman–Crippen LogP) is 2.23. The van der Waals surface area contributed by atoms with Gasteiger partial charge in [-0.1, -0.05) is 20.8 Å². The molecule has 0 atom stereocenters. The number of hydrogen-bond donors (Lipinski definition) is 3. The zero-order valence-corrected chi connectivity index (χ0v) is 9.38. The highest BCUT2D eigenvalue weighted by Crippen LogP contribution is 2.45. The van der Waals surface area contributed by atoms with Gasteiger partial charge in [0.05, 0.1) is 5.60 Å². The minimum absolute atomic E-state index is 0. The van der Waals surface area contributed by atoms with Crippen LogP contribution in [0.4, 0.5) is 0 Å². The summed E-state index contributed by atoms with van der Waals surface area (Å²) in [5.74, 6) is 0. The second kappa shape index (κ2) is 5.73. The summed E-state index contributed by atoms with van der Waals surface area (Å²) in [6.45, 7) is 5.59. The van der Waals surface area contributed by atoms with Crippen LogP contribution in [0.1, 0.15) is 40.0 Å². The summed E-state index contributed by atoms with van der Waals surface area (Å²) in [6, 6.07) is 0. The Hall–Kier alpha value is 0.0700. The van der Waals surface area contributed by atoms with Crippen molar-refractivity contribution >= 4 is 7.82 Å². The Bertz CT molecular complexity index is 167. The van der Waals surface area contributed by atoms with Crippen LogP contribution in [0.2, 0.25) is 0 Å². The van der Waals surface area contributed by atoms with E-state index in [2.05, 4.69) is 0 Å². The van der Waals surface area contributed by atoms with Gasteiger partial charge < -0.3 is 15.9 Å². The molecule has 0 aliphatic heterocycles. The van der Waals surface area contributed by atoms with Crippen LogP contribution in [0.25, 0.3) is 0 Å². The first-order valence-electron chi connectivity index (χ1n) is 4.15. The molecule has 5 N–H and O–H groups in total. The Morgan fingerprint density at radius 3 is 1.54 bits per heavy atom. The van der Waals surface area contributed by atoms with Crippen molar-refractivity contribution in [2.24, 2.45) is 0 Å². The van der Waals surface area contributed by atoms with Crippen molar-refractivity contribution in [3.63, 3.8) is 0 Å². The van der Waals surface area contributed by atoms with Gasteiger partial charge in [0.15, 0.2) is 0 Å². The van der Waals surface area contributed by atoms with Crippen LogP contribution in [0, 0.1) is 0 Å². The fraction of sp³-hybridized carbons (Fsp3) is 1.00. The fourth-order valence-electron chi connectivity index (χ4n) is 1.20. The lowest BCUT2D eigenvalue weighted by Gasteiger charge is -2.30. The average molecular weight is 213 g/mol. The predicted molar refractivity (Wildman–Crippen MR) is 51.8 cm³/mol. The first-order chi connectivity index (χ1) is 5.39. The van der Waals surface area contributed by atoms with E-state index in [4.69, 9.17) is 14.3 Å². The average Bonchev–Trinajstić information content (AvgIpc) is 1.99. The molecule has 5 nitrogen and oxygen atoms in total. The Morgan fingerprint density at radius 2 is 1.46 bits per heavy atom. The van der Waals surface area contributed by atoms with E-state index < -0.39 is 13.4 Å². The van der Waals surface area contributed by atoms with Gasteiger partial charge >= 0.3 is 7.82 Å². The molecule has 0 aromatic carbocycles. The van der Waals surface area contributed by atoms with Crippen molar-refractivity contribution < 1.29 is 18.9 Å². The molecule has 0 saturated heterocycles. The first kappa shape index (κ1) is 15.5. The van der Waals surface area contributed by atoms with Crippen LogP contribution in [0.15, 0.2) is 0 Å². The van der Waals surface area contributed by atoms with E-state index in [1.165, 1.54) is 0 Å². The van der Waals surface area contributed by atoms with Gasteiger partial charge in [0.2, 0.25) is 0 Å². The van der Waals surface area contributed by atoms with Crippen LogP contribution in [-0.2, 0) is 9.09 Å². The molecule has 0 fully saturated rings. The molecular formula is C7H20NO4P. The van der Waals surface area contributed by atoms with Crippen LogP contribution >= 0.6 is 7.82 Å². The summed E-state index contributed by atoms with van der Waals surface area (Å²) in [6.07, 6.45) is 1.85. The van der Waals surface area contributed by atoms with Crippen LogP contribution in [0.5, 0.6) is 0 Å². The third-order valence-electron chi connectivity index (χ3n) is 2.25. The van der Waals surface area contributed by atoms with Crippen molar-refractivity contribution in [2.45, 2.75) is 45.6 Å². The molecule has 0 bridgehead atoms. The molecule has 0 saturated carbocycles. The van der Waals surface area contributed by atoms with Crippen LogP contribution in [-0.4, -0.2) is 15.4 Å². The highest BCUT2D eigenvalue weighted by atomic mass is 31.2. The normalized spacial score (nSPS) is 12.4. The highest BCUT2D eigenvalue weighted by Gasteiger charge is 2.32. The third-order valence-corrected chi connectivity index (χ3v) is 2.87. The molecule has 0 unspecified atom stereocenters. The van der Waals surface area contributed by atoms with Crippen molar-refractivity contribution in [1.82, 2.24) is 6.15 Å². The van der Waals surface area contributed by atoms with E-state index in [1.54, 1.807) is 0 Å². The SMILES string of the molecule is CCC(CC)(CC)OP(=O)(O)O.N. The minimum atomic E-state index is -4.34. The third kappa shape index (κ3) is 5.39. The zero-order chi connectivity index (χ0) is 9.83. The maximum Gasteiger partial charge on any atom is 0.470 e. The maximum absolute atomic E-state index is 10.6. The molecule has 0 amide bonds. The fourth-order valence-corrected chi connectivity index (χ4v) is 2.09. The molecule has 0 radical (unpaired) electrons. The summed E-state index contributed by atoms with van der Waals surface area (Å²) < 4.78 is 15.3. The summed E-state index contributed by atoms with van der Waals surface area (Å²) >= 11 is 0. The van der Waals surface area contributed by atoms with E-state index in [-0.39, 0.29) is 6.15 Å². The number of phosphoric acid groups is 1. The van der Waals surface area contributed by atoms with Crippen molar-refractivity contribution in [2.75, 3.05) is 0 Å². The van der Waals surface area contributed by atoms with Gasteiger partial charge in [0.25, 0.3) is 0 Å². The largest absolute Gasteiger partial charge is 0.470 e. The van der Waals surface area contributed by atoms with E-state index in [9.17, 15) is 4.57 Å². The maximum atomic E-state index is 10.6. The highest BCUT2D eigenvalue weighted by molar-refractivity contribution is 7.46. The van der Waals surface area contributed by atoms with E-state index in [1.807, 2.05) is 20.8 Å². The Labute approximate surface area is 79.3 Å². The second-order valence-electron chi connectivity index (χ2n) is 2.83. The summed E-state index contributed by atoms with van der Waals surface area (Å²) in [7, 11) is -4.34. The monoisotopic (exact) mass is 213 g/mol. The quantitative estimate of drug-likeness (QED) is 0.608. The number of phosphoric ester groups is 1. The molecule has 13 heavy (non-hydrogen) atoms. The van der Waals surface area contributed by atoms with Crippen LogP contribution < -0.4 is 6.15 Å². The molecule has 0 heterocycles. The summed E-state index contributed by atoms with van der Waals surface area (Å²) in [5, 5.41) is 0. The van der Waals surface area contributed by atoms with Crippen molar-refractivity contribution in [1.29, 1.82) is 0 Å². The van der Waals surface area contributed by atoms with Gasteiger partial charge in [-0.05, 0) is 19.3 Å². The molecular weight excluding hydrogens is 193 g/mol. The second-order valence-corrected chi connectivity index (χ2v) is 3.99. The van der Waals surface area contributed by atoms with Crippen molar-refractivity contribution in [3.05, 3.63) is 0 Å². The summed E-state index contributed by atoms with van der Waals surface area (Å²) in [4.78, 5) is 17.3. The van der Waals surface area contributed by atoms with Gasteiger partial charge in [-0.15, -0.1) is 0 Å². The number of hydrogen-bond acceptors (Lipinski definition) is 3. The minimum Gasteiger partial charge on any atom is -0.344 e. The van der Waals surface area contributed by atoms with Gasteiger partial charge in [-0.2, -0.15) is 0 Å². The molecule has 0 aliphatic carbocycles. The Balaban J connectivity index is 0. The van der Waals surface area contributed by atoms with Gasteiger partial charge in [-0.25, -0.2) is 4.57 Å². The smallest absolute Gasteiger partial charge is 0.344 e. The van der Waals surface area contributed by atoms with Crippen molar-refractivity contribution in [3.8, 4) is 0 Å².